The monoisotopic (exact) mass is 407 g/mol. The summed E-state index contributed by atoms with van der Waals surface area (Å²) >= 11 is 4.68. The first-order valence-corrected chi connectivity index (χ1v) is 8.14. The number of nitrogen functional groups attached to an aromatic ring is 1. The number of alkyl halides is 3. The number of nitrogens with one attached hydrogen (secondary N) is 1. The van der Waals surface area contributed by atoms with Crippen molar-refractivity contribution in [2.75, 3.05) is 11.1 Å². The fourth-order valence-electron chi connectivity index (χ4n) is 2.28. The summed E-state index contributed by atoms with van der Waals surface area (Å²) in [5.74, 6) is -1.73. The molecule has 0 radical (unpaired) electrons. The number of hydrogen-bond donors (Lipinski definition) is 2. The number of anilines is 2. The molecule has 144 valence electrons. The van der Waals surface area contributed by atoms with Crippen molar-refractivity contribution in [3.63, 3.8) is 0 Å². The molecular formula is C18H12ClF2N3O4. The lowest BCUT2D eigenvalue weighted by Crippen LogP contribution is -2.16. The van der Waals surface area contributed by atoms with Gasteiger partial charge in [-0.25, -0.2) is 0 Å². The van der Waals surface area contributed by atoms with Gasteiger partial charge in [-0.1, -0.05) is 35.5 Å². The molecule has 10 heteroatoms. The highest BCUT2D eigenvalue weighted by Gasteiger charge is 2.28. The van der Waals surface area contributed by atoms with E-state index in [-0.39, 0.29) is 28.6 Å². The maximum atomic E-state index is 12.6. The van der Waals surface area contributed by atoms with Gasteiger partial charge < -0.3 is 20.3 Å². The van der Waals surface area contributed by atoms with Crippen molar-refractivity contribution in [1.82, 2.24) is 5.16 Å². The second-order valence-electron chi connectivity index (χ2n) is 5.50. The fourth-order valence-corrected chi connectivity index (χ4v) is 2.36. The third-order valence-corrected chi connectivity index (χ3v) is 3.61. The third-order valence-electron chi connectivity index (χ3n) is 3.53. The molecule has 28 heavy (non-hydrogen) atoms. The molecule has 3 N–H and O–H groups in total. The van der Waals surface area contributed by atoms with Crippen LogP contribution in [0, 0.1) is 0 Å². The number of halogens is 3. The van der Waals surface area contributed by atoms with E-state index in [0.717, 1.165) is 0 Å². The van der Waals surface area contributed by atoms with Gasteiger partial charge in [0, 0.05) is 22.9 Å². The van der Waals surface area contributed by atoms with Crippen LogP contribution < -0.4 is 15.8 Å². The average molecular weight is 408 g/mol. The van der Waals surface area contributed by atoms with Crippen molar-refractivity contribution >= 4 is 34.7 Å². The highest BCUT2D eigenvalue weighted by atomic mass is 35.5. The molecule has 0 unspecified atom stereocenters. The van der Waals surface area contributed by atoms with Gasteiger partial charge in [-0.05, 0) is 24.3 Å². The number of ketones is 1. The first-order valence-electron chi connectivity index (χ1n) is 7.76. The zero-order valence-corrected chi connectivity index (χ0v) is 14.7. The summed E-state index contributed by atoms with van der Waals surface area (Å²) in [6, 6.07) is 13.2. The van der Waals surface area contributed by atoms with Crippen LogP contribution in [0.1, 0.15) is 26.6 Å². The van der Waals surface area contributed by atoms with Crippen LogP contribution in [0.4, 0.5) is 20.2 Å². The Hall–Kier alpha value is -3.46. The Morgan fingerprint density at radius 3 is 2.36 bits per heavy atom. The number of carbonyl (C=O) groups is 2. The molecule has 1 aromatic heterocycles. The highest BCUT2D eigenvalue weighted by Crippen LogP contribution is 2.26. The third kappa shape index (κ3) is 4.44. The molecular weight excluding hydrogens is 396 g/mol. The first kappa shape index (κ1) is 19.3. The van der Waals surface area contributed by atoms with Crippen molar-refractivity contribution in [2.45, 2.75) is 5.57 Å². The molecule has 0 bridgehead atoms. The molecule has 1 amide bonds. The van der Waals surface area contributed by atoms with E-state index in [4.69, 9.17) is 10.3 Å². The number of nitrogens with zero attached hydrogens (tertiary/aromatic N) is 1. The predicted molar refractivity (Wildman–Crippen MR) is 96.6 cm³/mol. The smallest absolute Gasteiger partial charge is 0.420 e. The highest BCUT2D eigenvalue weighted by molar-refractivity contribution is 6.20. The molecule has 0 atom stereocenters. The number of nitrogens with two attached hydrogens (primary N) is 1. The Morgan fingerprint density at radius 2 is 1.75 bits per heavy atom. The molecule has 2 aromatic carbocycles. The van der Waals surface area contributed by atoms with Gasteiger partial charge in [0.15, 0.2) is 5.69 Å². The number of ether oxygens (including phenoxy) is 1. The van der Waals surface area contributed by atoms with E-state index < -0.39 is 17.3 Å². The molecule has 3 rings (SSSR count). The minimum Gasteiger partial charge on any atom is -0.420 e. The lowest BCUT2D eigenvalue weighted by molar-refractivity contribution is -0.0964. The molecule has 0 spiro atoms. The maximum absolute atomic E-state index is 12.6. The van der Waals surface area contributed by atoms with Gasteiger partial charge in [0.2, 0.25) is 11.5 Å². The van der Waals surface area contributed by atoms with E-state index in [1.807, 2.05) is 0 Å². The van der Waals surface area contributed by atoms with Crippen molar-refractivity contribution in [3.8, 4) is 5.75 Å². The summed E-state index contributed by atoms with van der Waals surface area (Å²) in [4.78, 5) is 24.7. The van der Waals surface area contributed by atoms with Gasteiger partial charge in [-0.3, -0.25) is 9.59 Å². The van der Waals surface area contributed by atoms with Crippen LogP contribution in [0.5, 0.6) is 5.75 Å². The first-order chi connectivity index (χ1) is 13.2. The summed E-state index contributed by atoms with van der Waals surface area (Å²) in [6.45, 7) is 0. The summed E-state index contributed by atoms with van der Waals surface area (Å²) in [6.07, 6.45) is 0. The second kappa shape index (κ2) is 7.65. The van der Waals surface area contributed by atoms with Gasteiger partial charge in [0.25, 0.3) is 5.91 Å². The van der Waals surface area contributed by atoms with Crippen LogP contribution in [0.3, 0.4) is 0 Å². The Morgan fingerprint density at radius 1 is 1.11 bits per heavy atom. The normalized spacial score (nSPS) is 11.1. The largest absolute Gasteiger partial charge is 0.487 e. The number of hydrogen-bond acceptors (Lipinski definition) is 6. The standard InChI is InChI=1S/C18H12ClF2N3O4/c19-18(20,21)27-12-8-6-11(7-9-12)23-17(26)14-13(22)16(28-24-14)15(25)10-4-2-1-3-5-10/h1-9H,22H2,(H,23,26). The van der Waals surface area contributed by atoms with E-state index in [0.29, 0.717) is 5.56 Å². The summed E-state index contributed by atoms with van der Waals surface area (Å²) < 4.78 is 34.3. The van der Waals surface area contributed by atoms with Gasteiger partial charge >= 0.3 is 5.57 Å². The number of benzene rings is 2. The Kier molecular flexibility index (Phi) is 5.27. The van der Waals surface area contributed by atoms with Gasteiger partial charge in [0.1, 0.15) is 11.4 Å². The SMILES string of the molecule is Nc1c(C(=O)Nc2ccc(OC(F)(F)Cl)cc2)noc1C(=O)c1ccccc1. The van der Waals surface area contributed by atoms with Crippen LogP contribution in [-0.4, -0.2) is 22.4 Å². The molecule has 0 saturated heterocycles. The van der Waals surface area contributed by atoms with E-state index in [1.54, 1.807) is 30.3 Å². The van der Waals surface area contributed by atoms with Crippen LogP contribution >= 0.6 is 11.6 Å². The topological polar surface area (TPSA) is 107 Å². The maximum Gasteiger partial charge on any atom is 0.487 e. The van der Waals surface area contributed by atoms with Crippen molar-refractivity contribution in [2.24, 2.45) is 0 Å². The Bertz CT molecular complexity index is 1000. The molecule has 1 heterocycles. The van der Waals surface area contributed by atoms with Crippen LogP contribution in [0.2, 0.25) is 0 Å². The van der Waals surface area contributed by atoms with Crippen molar-refractivity contribution in [1.29, 1.82) is 0 Å². The van der Waals surface area contributed by atoms with E-state index in [9.17, 15) is 18.4 Å². The molecule has 0 saturated carbocycles. The molecule has 7 nitrogen and oxygen atoms in total. The molecule has 0 aliphatic rings. The fraction of sp³-hybridized carbons (Fsp3) is 0.0556. The number of rotatable bonds is 6. The number of aromatic nitrogens is 1. The van der Waals surface area contributed by atoms with Crippen molar-refractivity contribution in [3.05, 3.63) is 71.6 Å². The number of amides is 1. The molecule has 3 aromatic rings. The van der Waals surface area contributed by atoms with Crippen LogP contribution in [0.15, 0.2) is 59.1 Å². The molecule has 0 aliphatic heterocycles. The minimum absolute atomic E-state index is 0.199. The number of carbonyl (C=O) groups excluding carboxylic acids is 2. The Balaban J connectivity index is 1.73. The van der Waals surface area contributed by atoms with Crippen LogP contribution in [-0.2, 0) is 0 Å². The minimum atomic E-state index is -3.85. The Labute approximate surface area is 162 Å². The zero-order valence-electron chi connectivity index (χ0n) is 14.0. The van der Waals surface area contributed by atoms with E-state index >= 15 is 0 Å². The van der Waals surface area contributed by atoms with E-state index in [2.05, 4.69) is 26.8 Å². The predicted octanol–water partition coefficient (Wildman–Crippen LogP) is 3.91. The summed E-state index contributed by atoms with van der Waals surface area (Å²) in [5, 5.41) is 6.00. The van der Waals surface area contributed by atoms with Gasteiger partial charge in [-0.2, -0.15) is 0 Å². The second-order valence-corrected chi connectivity index (χ2v) is 5.94. The average Bonchev–Trinajstić information content (AvgIpc) is 3.04. The zero-order chi connectivity index (χ0) is 20.3. The van der Waals surface area contributed by atoms with Crippen LogP contribution in [0.25, 0.3) is 0 Å². The summed E-state index contributed by atoms with van der Waals surface area (Å²) in [5.41, 5.74) is 2.06. The van der Waals surface area contributed by atoms with E-state index in [1.165, 1.54) is 24.3 Å². The summed E-state index contributed by atoms with van der Waals surface area (Å²) in [7, 11) is 0. The van der Waals surface area contributed by atoms with Gasteiger partial charge in [-0.15, -0.1) is 8.78 Å². The quantitative estimate of drug-likeness (QED) is 0.474. The molecule has 0 aliphatic carbocycles. The lowest BCUT2D eigenvalue weighted by Gasteiger charge is -2.11. The van der Waals surface area contributed by atoms with Gasteiger partial charge in [0.05, 0.1) is 0 Å². The molecule has 0 fully saturated rings. The lowest BCUT2D eigenvalue weighted by atomic mass is 10.1. The van der Waals surface area contributed by atoms with Crippen molar-refractivity contribution < 1.29 is 27.6 Å².